The van der Waals surface area contributed by atoms with E-state index in [0.717, 1.165) is 18.7 Å². The average Bonchev–Trinajstić information content (AvgIpc) is 2.25. The van der Waals surface area contributed by atoms with Crippen LogP contribution in [0.1, 0.15) is 25.0 Å². The van der Waals surface area contributed by atoms with Gasteiger partial charge in [0.25, 0.3) is 5.56 Å². The topological polar surface area (TPSA) is 57.8 Å². The first-order valence-electron chi connectivity index (χ1n) is 5.23. The van der Waals surface area contributed by atoms with E-state index in [-0.39, 0.29) is 10.6 Å². The van der Waals surface area contributed by atoms with E-state index < -0.39 is 0 Å². The molecule has 1 atom stereocenters. The zero-order valence-electron chi connectivity index (χ0n) is 8.42. The molecule has 0 amide bonds. The van der Waals surface area contributed by atoms with Gasteiger partial charge in [0.15, 0.2) is 0 Å². The van der Waals surface area contributed by atoms with Crippen molar-refractivity contribution in [1.29, 1.82) is 0 Å². The summed E-state index contributed by atoms with van der Waals surface area (Å²) in [6.07, 6.45) is 4.50. The highest BCUT2D eigenvalue weighted by atomic mass is 35.5. The first kappa shape index (κ1) is 10.6. The molecule has 2 heterocycles. The first-order valence-corrected chi connectivity index (χ1v) is 5.61. The Kier molecular flexibility index (Phi) is 3.38. The Morgan fingerprint density at radius 3 is 3.07 bits per heavy atom. The Labute approximate surface area is 93.0 Å². The Bertz CT molecular complexity index is 384. The number of nitrogens with zero attached hydrogens (tertiary/aromatic N) is 1. The smallest absolute Gasteiger partial charge is 0.282 e. The largest absolute Gasteiger partial charge is 0.314 e. The van der Waals surface area contributed by atoms with Crippen LogP contribution >= 0.6 is 11.6 Å². The van der Waals surface area contributed by atoms with Crippen molar-refractivity contribution >= 4 is 11.6 Å². The van der Waals surface area contributed by atoms with E-state index >= 15 is 0 Å². The lowest BCUT2D eigenvalue weighted by Gasteiger charge is -2.22. The number of aromatic amines is 1. The number of rotatable bonds is 2. The summed E-state index contributed by atoms with van der Waals surface area (Å²) in [4.78, 5) is 11.0. The molecule has 1 saturated heterocycles. The molecule has 0 saturated carbocycles. The van der Waals surface area contributed by atoms with Crippen molar-refractivity contribution in [3.05, 3.63) is 27.1 Å². The SMILES string of the molecule is O=c1[nH]nc(CC2CCCCN2)cc1Cl. The van der Waals surface area contributed by atoms with Gasteiger partial charge in [-0.1, -0.05) is 18.0 Å². The minimum atomic E-state index is -0.322. The first-order chi connectivity index (χ1) is 7.25. The molecule has 2 N–H and O–H groups in total. The molecule has 1 aliphatic heterocycles. The molecule has 1 aromatic rings. The number of halogens is 1. The quantitative estimate of drug-likeness (QED) is 0.796. The van der Waals surface area contributed by atoms with Gasteiger partial charge in [0, 0.05) is 12.5 Å². The fourth-order valence-corrected chi connectivity index (χ4v) is 2.04. The van der Waals surface area contributed by atoms with Gasteiger partial charge in [0.1, 0.15) is 5.02 Å². The van der Waals surface area contributed by atoms with Crippen molar-refractivity contribution in [2.75, 3.05) is 6.54 Å². The number of hydrogen-bond donors (Lipinski definition) is 2. The summed E-state index contributed by atoms with van der Waals surface area (Å²) in [5, 5.41) is 10.0. The molecule has 82 valence electrons. The third-order valence-corrected chi connectivity index (χ3v) is 2.96. The summed E-state index contributed by atoms with van der Waals surface area (Å²) < 4.78 is 0. The molecule has 0 radical (unpaired) electrons. The van der Waals surface area contributed by atoms with Gasteiger partial charge in [-0.05, 0) is 25.5 Å². The van der Waals surface area contributed by atoms with E-state index in [1.165, 1.54) is 19.3 Å². The van der Waals surface area contributed by atoms with Crippen LogP contribution in [0.25, 0.3) is 0 Å². The number of piperidine rings is 1. The maximum Gasteiger partial charge on any atom is 0.282 e. The monoisotopic (exact) mass is 227 g/mol. The lowest BCUT2D eigenvalue weighted by Crippen LogP contribution is -2.36. The van der Waals surface area contributed by atoms with Crippen LogP contribution in [-0.2, 0) is 6.42 Å². The molecule has 1 aromatic heterocycles. The van der Waals surface area contributed by atoms with Crippen molar-refractivity contribution in [1.82, 2.24) is 15.5 Å². The fraction of sp³-hybridized carbons (Fsp3) is 0.600. The van der Waals surface area contributed by atoms with Crippen LogP contribution in [0.3, 0.4) is 0 Å². The van der Waals surface area contributed by atoms with E-state index in [0.29, 0.717) is 6.04 Å². The Morgan fingerprint density at radius 1 is 1.53 bits per heavy atom. The second-order valence-corrected chi connectivity index (χ2v) is 4.29. The molecule has 1 unspecified atom stereocenters. The summed E-state index contributed by atoms with van der Waals surface area (Å²) in [6, 6.07) is 2.12. The van der Waals surface area contributed by atoms with Crippen LogP contribution in [0.4, 0.5) is 0 Å². The van der Waals surface area contributed by atoms with Gasteiger partial charge in [-0.3, -0.25) is 4.79 Å². The van der Waals surface area contributed by atoms with Crippen LogP contribution in [0.2, 0.25) is 5.02 Å². The predicted octanol–water partition coefficient (Wildman–Crippen LogP) is 1.11. The van der Waals surface area contributed by atoms with E-state index in [1.54, 1.807) is 6.07 Å². The molecule has 2 rings (SSSR count). The molecule has 15 heavy (non-hydrogen) atoms. The highest BCUT2D eigenvalue weighted by Crippen LogP contribution is 2.12. The van der Waals surface area contributed by atoms with Gasteiger partial charge in [-0.25, -0.2) is 5.10 Å². The maximum absolute atomic E-state index is 11.0. The average molecular weight is 228 g/mol. The Balaban J connectivity index is 2.03. The van der Waals surface area contributed by atoms with E-state index in [4.69, 9.17) is 11.6 Å². The molecule has 0 aromatic carbocycles. The van der Waals surface area contributed by atoms with Gasteiger partial charge in [0.2, 0.25) is 0 Å². The van der Waals surface area contributed by atoms with Gasteiger partial charge >= 0.3 is 0 Å². The van der Waals surface area contributed by atoms with Crippen molar-refractivity contribution in [3.8, 4) is 0 Å². The second-order valence-electron chi connectivity index (χ2n) is 3.89. The zero-order chi connectivity index (χ0) is 10.7. The van der Waals surface area contributed by atoms with E-state index in [2.05, 4.69) is 15.5 Å². The molecule has 0 bridgehead atoms. The molecular formula is C10H14ClN3O. The molecule has 4 nitrogen and oxygen atoms in total. The number of H-pyrrole nitrogens is 1. The summed E-state index contributed by atoms with van der Waals surface area (Å²) in [6.45, 7) is 1.07. The zero-order valence-corrected chi connectivity index (χ0v) is 9.18. The van der Waals surface area contributed by atoms with Crippen molar-refractivity contribution in [2.45, 2.75) is 31.7 Å². The van der Waals surface area contributed by atoms with Crippen LogP contribution < -0.4 is 10.9 Å². The van der Waals surface area contributed by atoms with Crippen LogP contribution in [0.5, 0.6) is 0 Å². The number of hydrogen-bond acceptors (Lipinski definition) is 3. The molecule has 5 heteroatoms. The Hall–Kier alpha value is -0.870. The van der Waals surface area contributed by atoms with Gasteiger partial charge in [0.05, 0.1) is 5.69 Å². The maximum atomic E-state index is 11.0. The van der Waals surface area contributed by atoms with Gasteiger partial charge in [-0.2, -0.15) is 5.10 Å². The third-order valence-electron chi connectivity index (χ3n) is 2.68. The van der Waals surface area contributed by atoms with Crippen molar-refractivity contribution in [2.24, 2.45) is 0 Å². The summed E-state index contributed by atoms with van der Waals surface area (Å²) >= 11 is 5.73. The molecule has 1 aliphatic rings. The minimum Gasteiger partial charge on any atom is -0.314 e. The highest BCUT2D eigenvalue weighted by Gasteiger charge is 2.14. The molecule has 1 fully saturated rings. The fourth-order valence-electron chi connectivity index (χ4n) is 1.88. The lowest BCUT2D eigenvalue weighted by molar-refractivity contribution is 0.396. The highest BCUT2D eigenvalue weighted by molar-refractivity contribution is 6.30. The Morgan fingerprint density at radius 2 is 2.40 bits per heavy atom. The molecule has 0 spiro atoms. The van der Waals surface area contributed by atoms with Crippen LogP contribution in [0, 0.1) is 0 Å². The molecule has 0 aliphatic carbocycles. The van der Waals surface area contributed by atoms with Crippen LogP contribution in [0.15, 0.2) is 10.9 Å². The van der Waals surface area contributed by atoms with Crippen molar-refractivity contribution < 1.29 is 0 Å². The minimum absolute atomic E-state index is 0.218. The van der Waals surface area contributed by atoms with E-state index in [1.807, 2.05) is 0 Å². The van der Waals surface area contributed by atoms with Crippen molar-refractivity contribution in [3.63, 3.8) is 0 Å². The van der Waals surface area contributed by atoms with Gasteiger partial charge < -0.3 is 5.32 Å². The normalized spacial score (nSPS) is 21.5. The standard InChI is InChI=1S/C10H14ClN3O/c11-9-6-8(13-14-10(9)15)5-7-3-1-2-4-12-7/h6-7,12H,1-5H2,(H,14,15). The second kappa shape index (κ2) is 4.77. The summed E-state index contributed by atoms with van der Waals surface area (Å²) in [5.74, 6) is 0. The lowest BCUT2D eigenvalue weighted by atomic mass is 10.0. The summed E-state index contributed by atoms with van der Waals surface area (Å²) in [5.41, 5.74) is 0.524. The third kappa shape index (κ3) is 2.79. The number of aromatic nitrogens is 2. The number of nitrogens with one attached hydrogen (secondary N) is 2. The van der Waals surface area contributed by atoms with Crippen LogP contribution in [-0.4, -0.2) is 22.8 Å². The van der Waals surface area contributed by atoms with Gasteiger partial charge in [-0.15, -0.1) is 0 Å². The predicted molar refractivity (Wildman–Crippen MR) is 59.2 cm³/mol. The summed E-state index contributed by atoms with van der Waals surface area (Å²) in [7, 11) is 0. The van der Waals surface area contributed by atoms with E-state index in [9.17, 15) is 4.79 Å². The molecular weight excluding hydrogens is 214 g/mol.